The molecule has 1 aromatic rings. The number of fused-ring (bicyclic) bond motifs is 5. The first-order valence-electron chi connectivity index (χ1n) is 11.3. The number of nitrogens with zero attached hydrogens (tertiary/aromatic N) is 2. The summed E-state index contributed by atoms with van der Waals surface area (Å²) < 4.78 is 0. The Morgan fingerprint density at radius 1 is 0.970 bits per heavy atom. The first-order valence-corrected chi connectivity index (χ1v) is 11.3. The van der Waals surface area contributed by atoms with Gasteiger partial charge < -0.3 is 4.90 Å². The van der Waals surface area contributed by atoms with E-state index in [0.29, 0.717) is 6.54 Å². The third kappa shape index (κ3) is 3.90. The molecule has 0 radical (unpaired) electrons. The van der Waals surface area contributed by atoms with Crippen LogP contribution in [0.3, 0.4) is 0 Å². The maximum atomic E-state index is 13.1. The van der Waals surface area contributed by atoms with E-state index in [-0.39, 0.29) is 60.9 Å². The molecule has 2 heterocycles. The predicted molar refractivity (Wildman–Crippen MR) is 117 cm³/mol. The Hall–Kier alpha value is -3.55. The Kier molecular flexibility index (Phi) is 5.44. The van der Waals surface area contributed by atoms with Crippen molar-refractivity contribution in [3.05, 3.63) is 60.2 Å². The number of imide groups is 2. The number of allylic oxidation sites excluding steroid dienone is 2. The van der Waals surface area contributed by atoms with Gasteiger partial charge >= 0.3 is 0 Å². The van der Waals surface area contributed by atoms with Gasteiger partial charge in [0.25, 0.3) is 0 Å². The summed E-state index contributed by atoms with van der Waals surface area (Å²) in [7, 11) is 0. The van der Waals surface area contributed by atoms with Gasteiger partial charge in [0.1, 0.15) is 0 Å². The van der Waals surface area contributed by atoms with E-state index in [1.165, 1.54) is 17.1 Å². The molecule has 1 saturated heterocycles. The Morgan fingerprint density at radius 3 is 2.27 bits per heavy atom. The van der Waals surface area contributed by atoms with E-state index in [9.17, 15) is 24.0 Å². The van der Waals surface area contributed by atoms with Crippen LogP contribution in [-0.2, 0) is 30.5 Å². The highest BCUT2D eigenvalue weighted by molar-refractivity contribution is 6.07. The van der Waals surface area contributed by atoms with Crippen molar-refractivity contribution in [3.8, 4) is 0 Å². The van der Waals surface area contributed by atoms with Gasteiger partial charge in [-0.15, -0.1) is 0 Å². The lowest BCUT2D eigenvalue weighted by molar-refractivity contribution is -0.143. The van der Waals surface area contributed by atoms with Crippen molar-refractivity contribution >= 4 is 29.5 Å². The molecule has 1 N–H and O–H groups in total. The Morgan fingerprint density at radius 2 is 1.64 bits per heavy atom. The summed E-state index contributed by atoms with van der Waals surface area (Å²) in [5.41, 5.74) is 0.905. The van der Waals surface area contributed by atoms with Crippen LogP contribution in [0.5, 0.6) is 0 Å². The number of benzene rings is 1. The van der Waals surface area contributed by atoms with Gasteiger partial charge in [-0.25, -0.2) is 0 Å². The number of carbonyl (C=O) groups is 5. The SMILES string of the molecule is O=C1C=CC(CC(=O)N(CCN2C(=O)[C@@H]3[C@H](C2=O)[C@H]2C=C[C@@H]3C2)Cc2ccccc2)C(=O)N1. The van der Waals surface area contributed by atoms with Crippen molar-refractivity contribution in [1.82, 2.24) is 15.1 Å². The molecular weight excluding hydrogens is 422 g/mol. The zero-order chi connectivity index (χ0) is 23.1. The second-order valence-electron chi connectivity index (χ2n) is 9.15. The fourth-order valence-electron chi connectivity index (χ4n) is 5.53. The monoisotopic (exact) mass is 447 g/mol. The lowest BCUT2D eigenvalue weighted by Gasteiger charge is -2.27. The minimum Gasteiger partial charge on any atom is -0.337 e. The average molecular weight is 447 g/mol. The molecule has 4 aliphatic rings. The van der Waals surface area contributed by atoms with E-state index in [0.717, 1.165) is 12.0 Å². The highest BCUT2D eigenvalue weighted by atomic mass is 16.2. The zero-order valence-corrected chi connectivity index (χ0v) is 18.1. The van der Waals surface area contributed by atoms with Crippen LogP contribution in [-0.4, -0.2) is 52.4 Å². The molecule has 0 aromatic heterocycles. The fraction of sp³-hybridized carbons (Fsp3) is 0.400. The Labute approximate surface area is 191 Å². The third-order valence-electron chi connectivity index (χ3n) is 7.18. The van der Waals surface area contributed by atoms with E-state index in [4.69, 9.17) is 0 Å². The van der Waals surface area contributed by atoms with Gasteiger partial charge in [0.2, 0.25) is 29.5 Å². The summed E-state index contributed by atoms with van der Waals surface area (Å²) >= 11 is 0. The number of hydrogen-bond acceptors (Lipinski definition) is 5. The molecule has 1 saturated carbocycles. The predicted octanol–water partition coefficient (Wildman–Crippen LogP) is 1.04. The van der Waals surface area contributed by atoms with E-state index in [1.54, 1.807) is 4.90 Å². The molecule has 2 fully saturated rings. The van der Waals surface area contributed by atoms with Gasteiger partial charge in [-0.3, -0.25) is 34.2 Å². The molecule has 2 aliphatic heterocycles. The smallest absolute Gasteiger partial charge is 0.250 e. The molecular formula is C25H25N3O5. The number of carbonyl (C=O) groups excluding carboxylic acids is 5. The van der Waals surface area contributed by atoms with Crippen LogP contribution in [0.1, 0.15) is 18.4 Å². The summed E-state index contributed by atoms with van der Waals surface area (Å²) in [4.78, 5) is 65.5. The highest BCUT2D eigenvalue weighted by Crippen LogP contribution is 2.52. The van der Waals surface area contributed by atoms with Crippen LogP contribution in [0.15, 0.2) is 54.6 Å². The maximum Gasteiger partial charge on any atom is 0.250 e. The van der Waals surface area contributed by atoms with Gasteiger partial charge in [0.05, 0.1) is 17.8 Å². The number of rotatable bonds is 7. The van der Waals surface area contributed by atoms with E-state index >= 15 is 0 Å². The molecule has 1 aromatic carbocycles. The molecule has 5 amide bonds. The minimum atomic E-state index is -0.732. The Bertz CT molecular complexity index is 1050. The standard InChI is InChI=1S/C25H25N3O5/c29-19-9-8-18(23(31)26-19)13-20(30)27(14-15-4-2-1-3-5-15)10-11-28-24(32)21-16-6-7-17(12-16)22(21)25(28)33/h1-9,16-18,21-22H,10-14H2,(H,26,29,31)/t16-,17+,18?,21+,22-. The van der Waals surface area contributed by atoms with E-state index < -0.39 is 17.7 Å². The number of likely N-dealkylation sites (tertiary alicyclic amines) is 1. The summed E-state index contributed by atoms with van der Waals surface area (Å²) in [6.07, 6.45) is 7.58. The van der Waals surface area contributed by atoms with E-state index in [1.807, 2.05) is 30.3 Å². The molecule has 170 valence electrons. The lowest BCUT2D eigenvalue weighted by atomic mass is 9.85. The molecule has 1 unspecified atom stereocenters. The molecule has 5 atom stereocenters. The van der Waals surface area contributed by atoms with Crippen LogP contribution in [0.4, 0.5) is 0 Å². The second-order valence-corrected chi connectivity index (χ2v) is 9.15. The van der Waals surface area contributed by atoms with Crippen LogP contribution in [0.2, 0.25) is 0 Å². The zero-order valence-electron chi connectivity index (χ0n) is 18.1. The van der Waals surface area contributed by atoms with Crippen LogP contribution < -0.4 is 5.32 Å². The van der Waals surface area contributed by atoms with Crippen molar-refractivity contribution in [1.29, 1.82) is 0 Å². The largest absolute Gasteiger partial charge is 0.337 e. The van der Waals surface area contributed by atoms with Crippen molar-refractivity contribution in [2.24, 2.45) is 29.6 Å². The lowest BCUT2D eigenvalue weighted by Crippen LogP contribution is -2.44. The van der Waals surface area contributed by atoms with Crippen LogP contribution >= 0.6 is 0 Å². The van der Waals surface area contributed by atoms with Crippen LogP contribution in [0.25, 0.3) is 0 Å². The van der Waals surface area contributed by atoms with Crippen molar-refractivity contribution in [2.45, 2.75) is 19.4 Å². The third-order valence-corrected chi connectivity index (χ3v) is 7.18. The molecule has 2 bridgehead atoms. The Balaban J connectivity index is 1.29. The summed E-state index contributed by atoms with van der Waals surface area (Å²) in [6, 6.07) is 9.42. The topological polar surface area (TPSA) is 104 Å². The first kappa shape index (κ1) is 21.3. The number of hydrogen-bond donors (Lipinski definition) is 1. The normalized spacial score (nSPS) is 29.6. The van der Waals surface area contributed by atoms with Gasteiger partial charge in [0, 0.05) is 32.1 Å². The first-order chi connectivity index (χ1) is 15.9. The van der Waals surface area contributed by atoms with Crippen molar-refractivity contribution in [3.63, 3.8) is 0 Å². The molecule has 2 aliphatic carbocycles. The molecule has 8 heteroatoms. The molecule has 8 nitrogen and oxygen atoms in total. The minimum absolute atomic E-state index is 0.0936. The maximum absolute atomic E-state index is 13.1. The van der Waals surface area contributed by atoms with E-state index in [2.05, 4.69) is 17.5 Å². The van der Waals surface area contributed by atoms with Gasteiger partial charge in [-0.1, -0.05) is 48.6 Å². The number of amides is 5. The average Bonchev–Trinajstić information content (AvgIpc) is 3.48. The summed E-state index contributed by atoms with van der Waals surface area (Å²) in [6.45, 7) is 0.616. The van der Waals surface area contributed by atoms with Gasteiger partial charge in [-0.2, -0.15) is 0 Å². The fourth-order valence-corrected chi connectivity index (χ4v) is 5.53. The second kappa shape index (κ2) is 8.42. The summed E-state index contributed by atoms with van der Waals surface area (Å²) in [5.74, 6) is -2.53. The molecule has 5 rings (SSSR count). The molecule has 33 heavy (non-hydrogen) atoms. The van der Waals surface area contributed by atoms with Gasteiger partial charge in [-0.05, 0) is 23.8 Å². The van der Waals surface area contributed by atoms with Crippen LogP contribution in [0, 0.1) is 29.6 Å². The van der Waals surface area contributed by atoms with Crippen molar-refractivity contribution in [2.75, 3.05) is 13.1 Å². The molecule has 0 spiro atoms. The highest BCUT2D eigenvalue weighted by Gasteiger charge is 2.59. The van der Waals surface area contributed by atoms with Gasteiger partial charge in [0.15, 0.2) is 0 Å². The van der Waals surface area contributed by atoms with Crippen molar-refractivity contribution < 1.29 is 24.0 Å². The number of nitrogens with one attached hydrogen (secondary N) is 1. The summed E-state index contributed by atoms with van der Waals surface area (Å²) in [5, 5.41) is 2.21. The quantitative estimate of drug-likeness (QED) is 0.497.